The molecule has 0 unspecified atom stereocenters. The van der Waals surface area contributed by atoms with Crippen LogP contribution in [0, 0.1) is 9.49 Å². The molecule has 0 aliphatic carbocycles. The van der Waals surface area contributed by atoms with Crippen molar-refractivity contribution in [1.29, 1.82) is 0 Å². The average Bonchev–Trinajstić information content (AvgIpc) is 2.80. The van der Waals surface area contributed by atoms with E-state index in [1.54, 1.807) is 10.9 Å². The molecule has 0 saturated carbocycles. The molecule has 6 heteroatoms. The first kappa shape index (κ1) is 15.2. The highest BCUT2D eigenvalue weighted by atomic mass is 127. The number of anilines is 1. The summed E-state index contributed by atoms with van der Waals surface area (Å²) < 4.78 is 2.92. The number of hydrogen-bond donors (Lipinski definition) is 1. The Hall–Kier alpha value is -1.18. The monoisotopic (exact) mass is 385 g/mol. The third kappa shape index (κ3) is 3.28. The molecule has 0 aliphatic rings. The number of nitrogens with zero attached hydrogens (tertiary/aromatic N) is 4. The van der Waals surface area contributed by atoms with Gasteiger partial charge in [-0.15, -0.1) is 0 Å². The molecule has 0 amide bonds. The fourth-order valence-corrected chi connectivity index (χ4v) is 2.66. The maximum atomic E-state index is 4.74. The van der Waals surface area contributed by atoms with Crippen LogP contribution in [0.5, 0.6) is 0 Å². The summed E-state index contributed by atoms with van der Waals surface area (Å²) in [4.78, 5) is 9.38. The van der Waals surface area contributed by atoms with Gasteiger partial charge in [0.25, 0.3) is 0 Å². The molecular formula is C14H20IN5. The fraction of sp³-hybridized carbons (Fsp3) is 0.500. The lowest BCUT2D eigenvalue weighted by atomic mass is 10.1. The van der Waals surface area contributed by atoms with Gasteiger partial charge < -0.3 is 5.32 Å². The van der Waals surface area contributed by atoms with Crippen LogP contribution in [-0.4, -0.2) is 26.3 Å². The molecule has 0 bridgehead atoms. The molecule has 0 spiro atoms. The lowest BCUT2D eigenvalue weighted by Crippen LogP contribution is -2.10. The van der Waals surface area contributed by atoms with E-state index in [2.05, 4.69) is 58.8 Å². The smallest absolute Gasteiger partial charge is 0.180 e. The van der Waals surface area contributed by atoms with Gasteiger partial charge in [-0.25, -0.2) is 9.97 Å². The van der Waals surface area contributed by atoms with Gasteiger partial charge in [0.2, 0.25) is 0 Å². The van der Waals surface area contributed by atoms with E-state index in [-0.39, 0.29) is 0 Å². The van der Waals surface area contributed by atoms with Gasteiger partial charge in [0.1, 0.15) is 11.5 Å². The van der Waals surface area contributed by atoms with Crippen molar-refractivity contribution in [1.82, 2.24) is 19.7 Å². The number of nitrogens with one attached hydrogen (secondary N) is 1. The van der Waals surface area contributed by atoms with Crippen molar-refractivity contribution in [2.24, 2.45) is 13.0 Å². The number of rotatable bonds is 5. The maximum Gasteiger partial charge on any atom is 0.180 e. The molecule has 2 rings (SSSR count). The first-order chi connectivity index (χ1) is 9.52. The Morgan fingerprint density at radius 3 is 2.65 bits per heavy atom. The average molecular weight is 385 g/mol. The SMILES string of the molecule is CCNc1nc(-c2ccnn2C)nc(CC(C)C)c1I. The van der Waals surface area contributed by atoms with E-state index in [4.69, 9.17) is 4.98 Å². The van der Waals surface area contributed by atoms with Crippen molar-refractivity contribution < 1.29 is 0 Å². The number of aromatic nitrogens is 4. The van der Waals surface area contributed by atoms with Crippen molar-refractivity contribution in [2.45, 2.75) is 27.2 Å². The normalized spacial score (nSPS) is 11.1. The quantitative estimate of drug-likeness (QED) is 0.804. The van der Waals surface area contributed by atoms with Gasteiger partial charge in [-0.2, -0.15) is 5.10 Å². The molecule has 1 N–H and O–H groups in total. The van der Waals surface area contributed by atoms with E-state index >= 15 is 0 Å². The first-order valence-electron chi connectivity index (χ1n) is 6.81. The number of hydrogen-bond acceptors (Lipinski definition) is 4. The Kier molecular flexibility index (Phi) is 4.95. The molecule has 2 aromatic heterocycles. The molecule has 108 valence electrons. The summed E-state index contributed by atoms with van der Waals surface area (Å²) in [5.74, 6) is 2.21. The summed E-state index contributed by atoms with van der Waals surface area (Å²) >= 11 is 2.33. The van der Waals surface area contributed by atoms with Crippen LogP contribution in [-0.2, 0) is 13.5 Å². The van der Waals surface area contributed by atoms with Gasteiger partial charge in [-0.1, -0.05) is 13.8 Å². The van der Waals surface area contributed by atoms with Crippen LogP contribution in [0.4, 0.5) is 5.82 Å². The third-order valence-electron chi connectivity index (χ3n) is 2.92. The Balaban J connectivity index is 2.52. The second-order valence-corrected chi connectivity index (χ2v) is 6.20. The fourth-order valence-electron chi connectivity index (χ4n) is 2.01. The topological polar surface area (TPSA) is 55.6 Å². The minimum absolute atomic E-state index is 0.562. The lowest BCUT2D eigenvalue weighted by Gasteiger charge is -2.13. The summed E-state index contributed by atoms with van der Waals surface area (Å²) in [6.45, 7) is 7.33. The van der Waals surface area contributed by atoms with E-state index in [1.165, 1.54) is 0 Å². The molecular weight excluding hydrogens is 365 g/mol. The zero-order valence-electron chi connectivity index (χ0n) is 12.3. The Bertz CT molecular complexity index is 591. The minimum atomic E-state index is 0.562. The van der Waals surface area contributed by atoms with Gasteiger partial charge in [-0.3, -0.25) is 4.68 Å². The number of halogens is 1. The molecule has 20 heavy (non-hydrogen) atoms. The van der Waals surface area contributed by atoms with E-state index in [1.807, 2.05) is 13.1 Å². The summed E-state index contributed by atoms with van der Waals surface area (Å²) in [7, 11) is 1.91. The Labute approximate surface area is 133 Å². The van der Waals surface area contributed by atoms with Crippen LogP contribution < -0.4 is 5.32 Å². The van der Waals surface area contributed by atoms with Crippen molar-refractivity contribution in [3.63, 3.8) is 0 Å². The van der Waals surface area contributed by atoms with Crippen LogP contribution in [0.1, 0.15) is 26.5 Å². The summed E-state index contributed by atoms with van der Waals surface area (Å²) in [6, 6.07) is 1.94. The van der Waals surface area contributed by atoms with Crippen molar-refractivity contribution in [2.75, 3.05) is 11.9 Å². The van der Waals surface area contributed by atoms with Crippen LogP contribution in [0.2, 0.25) is 0 Å². The molecule has 0 atom stereocenters. The molecule has 5 nitrogen and oxygen atoms in total. The van der Waals surface area contributed by atoms with Crippen molar-refractivity contribution in [3.05, 3.63) is 21.5 Å². The van der Waals surface area contributed by atoms with Crippen LogP contribution in [0.3, 0.4) is 0 Å². The number of aryl methyl sites for hydroxylation is 1. The van der Waals surface area contributed by atoms with Gasteiger partial charge in [0.05, 0.1) is 9.26 Å². The highest BCUT2D eigenvalue weighted by Crippen LogP contribution is 2.25. The van der Waals surface area contributed by atoms with Crippen LogP contribution in [0.15, 0.2) is 12.3 Å². The predicted octanol–water partition coefficient (Wildman–Crippen LogP) is 3.11. The molecule has 0 aliphatic heterocycles. The maximum absolute atomic E-state index is 4.74. The highest BCUT2D eigenvalue weighted by molar-refractivity contribution is 14.1. The zero-order valence-corrected chi connectivity index (χ0v) is 14.5. The van der Waals surface area contributed by atoms with Gasteiger partial charge >= 0.3 is 0 Å². The molecule has 2 heterocycles. The van der Waals surface area contributed by atoms with Crippen LogP contribution >= 0.6 is 22.6 Å². The molecule has 0 saturated heterocycles. The van der Waals surface area contributed by atoms with Crippen molar-refractivity contribution in [3.8, 4) is 11.5 Å². The Morgan fingerprint density at radius 1 is 1.35 bits per heavy atom. The standard InChI is InChI=1S/C14H20IN5/c1-5-16-14-12(15)10(8-9(2)3)18-13(19-14)11-6-7-17-20(11)4/h6-7,9H,5,8H2,1-4H3,(H,16,18,19). The minimum Gasteiger partial charge on any atom is -0.369 e. The van der Waals surface area contributed by atoms with Crippen molar-refractivity contribution >= 4 is 28.4 Å². The summed E-state index contributed by atoms with van der Waals surface area (Å²) in [5.41, 5.74) is 2.04. The van der Waals surface area contributed by atoms with E-state index in [9.17, 15) is 0 Å². The molecule has 0 radical (unpaired) electrons. The van der Waals surface area contributed by atoms with Crippen LogP contribution in [0.25, 0.3) is 11.5 Å². The van der Waals surface area contributed by atoms with Gasteiger partial charge in [0, 0.05) is 19.8 Å². The first-order valence-corrected chi connectivity index (χ1v) is 7.89. The van der Waals surface area contributed by atoms with E-state index in [0.29, 0.717) is 5.92 Å². The largest absolute Gasteiger partial charge is 0.369 e. The Morgan fingerprint density at radius 2 is 2.10 bits per heavy atom. The van der Waals surface area contributed by atoms with E-state index in [0.717, 1.165) is 39.6 Å². The summed E-state index contributed by atoms with van der Waals surface area (Å²) in [6.07, 6.45) is 2.72. The lowest BCUT2D eigenvalue weighted by molar-refractivity contribution is 0.631. The predicted molar refractivity (Wildman–Crippen MR) is 89.7 cm³/mol. The molecule has 0 fully saturated rings. The third-order valence-corrected chi connectivity index (χ3v) is 4.05. The summed E-state index contributed by atoms with van der Waals surface area (Å²) in [5, 5.41) is 7.52. The van der Waals surface area contributed by atoms with E-state index < -0.39 is 0 Å². The second-order valence-electron chi connectivity index (χ2n) is 5.12. The van der Waals surface area contributed by atoms with Gasteiger partial charge in [-0.05, 0) is 47.9 Å². The second kappa shape index (κ2) is 6.51. The zero-order chi connectivity index (χ0) is 14.7. The molecule has 0 aromatic carbocycles. The van der Waals surface area contributed by atoms with Gasteiger partial charge in [0.15, 0.2) is 5.82 Å². The molecule has 2 aromatic rings. The highest BCUT2D eigenvalue weighted by Gasteiger charge is 2.15.